The molecule has 6 nitrogen and oxygen atoms in total. The minimum Gasteiger partial charge on any atom is -0.451 e. The van der Waals surface area contributed by atoms with Crippen LogP contribution in [0, 0.1) is 0 Å². The normalized spacial score (nSPS) is 21.7. The summed E-state index contributed by atoms with van der Waals surface area (Å²) in [6.45, 7) is 3.59. The number of furan rings is 1. The molecule has 1 unspecified atom stereocenters. The molecule has 7 heteroatoms. The van der Waals surface area contributed by atoms with Gasteiger partial charge in [0.05, 0.1) is 5.75 Å². The Morgan fingerprint density at radius 2 is 1.92 bits per heavy atom. The molecule has 1 amide bonds. The van der Waals surface area contributed by atoms with E-state index in [9.17, 15) is 13.2 Å². The molecule has 0 saturated carbocycles. The van der Waals surface area contributed by atoms with Gasteiger partial charge < -0.3 is 9.32 Å². The zero-order chi connectivity index (χ0) is 18.3. The number of carbonyl (C=O) groups is 1. The largest absolute Gasteiger partial charge is 0.451 e. The van der Waals surface area contributed by atoms with Crippen LogP contribution in [0.25, 0.3) is 11.0 Å². The molecule has 2 aromatic rings. The zero-order valence-corrected chi connectivity index (χ0v) is 15.8. The van der Waals surface area contributed by atoms with Gasteiger partial charge in [0.25, 0.3) is 5.91 Å². The van der Waals surface area contributed by atoms with Crippen molar-refractivity contribution in [2.24, 2.45) is 0 Å². The molecule has 2 aliphatic heterocycles. The highest BCUT2D eigenvalue weighted by molar-refractivity contribution is 7.89. The lowest BCUT2D eigenvalue weighted by atomic mass is 10.1. The number of para-hydroxylation sites is 1. The first kappa shape index (κ1) is 17.5. The number of sulfone groups is 1. The van der Waals surface area contributed by atoms with Crippen molar-refractivity contribution in [3.63, 3.8) is 0 Å². The second-order valence-electron chi connectivity index (χ2n) is 7.41. The van der Waals surface area contributed by atoms with E-state index in [2.05, 4.69) is 4.90 Å². The molecule has 1 aromatic carbocycles. The fourth-order valence-electron chi connectivity index (χ4n) is 4.15. The summed E-state index contributed by atoms with van der Waals surface area (Å²) >= 11 is 0. The van der Waals surface area contributed by atoms with Crippen LogP contribution in [-0.2, 0) is 15.6 Å². The van der Waals surface area contributed by atoms with Crippen molar-refractivity contribution < 1.29 is 17.6 Å². The Kier molecular flexibility index (Phi) is 4.52. The van der Waals surface area contributed by atoms with Gasteiger partial charge >= 0.3 is 0 Å². The number of rotatable bonds is 4. The second kappa shape index (κ2) is 6.70. The molecule has 0 spiro atoms. The third-order valence-electron chi connectivity index (χ3n) is 5.41. The number of benzene rings is 1. The van der Waals surface area contributed by atoms with Gasteiger partial charge in [-0.05, 0) is 38.4 Å². The number of likely N-dealkylation sites (tertiary alicyclic amines) is 2. The van der Waals surface area contributed by atoms with E-state index >= 15 is 0 Å². The molecule has 1 aromatic heterocycles. The van der Waals surface area contributed by atoms with Crippen molar-refractivity contribution >= 4 is 26.7 Å². The summed E-state index contributed by atoms with van der Waals surface area (Å²) in [5.74, 6) is -0.200. The second-order valence-corrected chi connectivity index (χ2v) is 9.55. The smallest absolute Gasteiger partial charge is 0.289 e. The Hall–Kier alpha value is -1.86. The standard InChI is InChI=1S/C19H24N2O4S/c1-26(23,24)13-16-15-6-2-3-7-17(15)25-18(16)19(22)21-11-8-14(12-21)20-9-4-5-10-20/h2-3,6-7,14H,4-5,8-13H2,1H3. The van der Waals surface area contributed by atoms with E-state index in [0.29, 0.717) is 35.7 Å². The van der Waals surface area contributed by atoms with Crippen molar-refractivity contribution in [1.29, 1.82) is 0 Å². The molecule has 140 valence electrons. The molecule has 3 heterocycles. The van der Waals surface area contributed by atoms with E-state index in [1.165, 1.54) is 19.1 Å². The van der Waals surface area contributed by atoms with Crippen LogP contribution in [0.3, 0.4) is 0 Å². The quantitative estimate of drug-likeness (QED) is 0.819. The summed E-state index contributed by atoms with van der Waals surface area (Å²) in [6, 6.07) is 7.65. The Bertz CT molecular complexity index is 928. The zero-order valence-electron chi connectivity index (χ0n) is 15.0. The maximum absolute atomic E-state index is 13.1. The van der Waals surface area contributed by atoms with Crippen molar-refractivity contribution in [1.82, 2.24) is 9.80 Å². The fraction of sp³-hybridized carbons (Fsp3) is 0.526. The third kappa shape index (κ3) is 3.38. The number of hydrogen-bond acceptors (Lipinski definition) is 5. The molecule has 2 aliphatic rings. The molecular formula is C19H24N2O4S. The van der Waals surface area contributed by atoms with Crippen LogP contribution in [0.1, 0.15) is 35.4 Å². The van der Waals surface area contributed by atoms with Gasteiger partial charge in [0.2, 0.25) is 0 Å². The summed E-state index contributed by atoms with van der Waals surface area (Å²) in [5.41, 5.74) is 1.04. The predicted molar refractivity (Wildman–Crippen MR) is 99.9 cm³/mol. The molecule has 1 atom stereocenters. The van der Waals surface area contributed by atoms with E-state index in [4.69, 9.17) is 4.42 Å². The summed E-state index contributed by atoms with van der Waals surface area (Å²) in [6.07, 6.45) is 4.61. The molecule has 4 rings (SSSR count). The van der Waals surface area contributed by atoms with Gasteiger partial charge in [-0.25, -0.2) is 8.42 Å². The molecular weight excluding hydrogens is 352 g/mol. The average molecular weight is 376 g/mol. The fourth-order valence-corrected chi connectivity index (χ4v) is 4.96. The summed E-state index contributed by atoms with van der Waals surface area (Å²) in [4.78, 5) is 17.4. The maximum atomic E-state index is 13.1. The molecule has 0 aliphatic carbocycles. The van der Waals surface area contributed by atoms with Gasteiger partial charge in [0.1, 0.15) is 5.58 Å². The first-order chi connectivity index (χ1) is 12.4. The lowest BCUT2D eigenvalue weighted by Crippen LogP contribution is -2.37. The highest BCUT2D eigenvalue weighted by atomic mass is 32.2. The minimum absolute atomic E-state index is 0.179. The van der Waals surface area contributed by atoms with Crippen LogP contribution >= 0.6 is 0 Å². The Balaban J connectivity index is 1.63. The number of fused-ring (bicyclic) bond motifs is 1. The van der Waals surface area contributed by atoms with Gasteiger partial charge in [-0.3, -0.25) is 9.69 Å². The lowest BCUT2D eigenvalue weighted by molar-refractivity contribution is 0.0750. The minimum atomic E-state index is -3.28. The van der Waals surface area contributed by atoms with E-state index in [0.717, 1.165) is 19.5 Å². The first-order valence-corrected chi connectivity index (χ1v) is 11.2. The number of carbonyl (C=O) groups excluding carboxylic acids is 1. The molecule has 2 saturated heterocycles. The van der Waals surface area contributed by atoms with Gasteiger partial charge in [0, 0.05) is 36.3 Å². The number of hydrogen-bond donors (Lipinski definition) is 0. The van der Waals surface area contributed by atoms with Crippen molar-refractivity contribution in [3.8, 4) is 0 Å². The summed E-state index contributed by atoms with van der Waals surface area (Å²) in [7, 11) is -3.28. The molecule has 0 N–H and O–H groups in total. The number of amides is 1. The van der Waals surface area contributed by atoms with Gasteiger partial charge in [0.15, 0.2) is 15.6 Å². The first-order valence-electron chi connectivity index (χ1n) is 9.14. The van der Waals surface area contributed by atoms with Gasteiger partial charge in [-0.15, -0.1) is 0 Å². The van der Waals surface area contributed by atoms with Crippen molar-refractivity contribution in [3.05, 3.63) is 35.6 Å². The monoisotopic (exact) mass is 376 g/mol. The van der Waals surface area contributed by atoms with Crippen LogP contribution in [0.15, 0.2) is 28.7 Å². The molecule has 0 radical (unpaired) electrons. The SMILES string of the molecule is CS(=O)(=O)Cc1c(C(=O)N2CCC(N3CCCC3)C2)oc2ccccc12. The van der Waals surface area contributed by atoms with E-state index < -0.39 is 9.84 Å². The summed E-state index contributed by atoms with van der Waals surface area (Å²) in [5, 5.41) is 0.705. The van der Waals surface area contributed by atoms with Crippen LogP contribution in [0.4, 0.5) is 0 Å². The van der Waals surface area contributed by atoms with Crippen molar-refractivity contribution in [2.75, 3.05) is 32.4 Å². The van der Waals surface area contributed by atoms with Crippen LogP contribution < -0.4 is 0 Å². The molecule has 2 fully saturated rings. The molecule has 26 heavy (non-hydrogen) atoms. The van der Waals surface area contributed by atoms with E-state index in [1.807, 2.05) is 23.1 Å². The maximum Gasteiger partial charge on any atom is 0.289 e. The van der Waals surface area contributed by atoms with Crippen LogP contribution in [0.5, 0.6) is 0 Å². The highest BCUT2D eigenvalue weighted by Gasteiger charge is 2.34. The van der Waals surface area contributed by atoms with E-state index in [-0.39, 0.29) is 17.4 Å². The topological polar surface area (TPSA) is 70.8 Å². The average Bonchev–Trinajstić information content (AvgIpc) is 3.33. The van der Waals surface area contributed by atoms with Gasteiger partial charge in [-0.2, -0.15) is 0 Å². The van der Waals surface area contributed by atoms with E-state index in [1.54, 1.807) is 6.07 Å². The van der Waals surface area contributed by atoms with Crippen LogP contribution in [-0.4, -0.2) is 62.6 Å². The highest BCUT2D eigenvalue weighted by Crippen LogP contribution is 2.30. The molecule has 0 bridgehead atoms. The third-order valence-corrected chi connectivity index (χ3v) is 6.22. The predicted octanol–water partition coefficient (Wildman–Crippen LogP) is 2.29. The Labute approximate surface area is 153 Å². The number of nitrogens with zero attached hydrogens (tertiary/aromatic N) is 2. The Morgan fingerprint density at radius 3 is 2.65 bits per heavy atom. The summed E-state index contributed by atoms with van der Waals surface area (Å²) < 4.78 is 29.6. The lowest BCUT2D eigenvalue weighted by Gasteiger charge is -2.23. The Morgan fingerprint density at radius 1 is 1.19 bits per heavy atom. The van der Waals surface area contributed by atoms with Crippen molar-refractivity contribution in [2.45, 2.75) is 31.1 Å². The van der Waals surface area contributed by atoms with Crippen LogP contribution in [0.2, 0.25) is 0 Å². The van der Waals surface area contributed by atoms with Gasteiger partial charge in [-0.1, -0.05) is 18.2 Å².